The second kappa shape index (κ2) is 5.27. The Morgan fingerprint density at radius 1 is 1.58 bits per heavy atom. The van der Waals surface area contributed by atoms with E-state index in [1.807, 2.05) is 0 Å². The van der Waals surface area contributed by atoms with E-state index < -0.39 is 24.1 Å². The maximum atomic E-state index is 11.9. The van der Waals surface area contributed by atoms with Crippen LogP contribution in [0.5, 0.6) is 0 Å². The third-order valence-electron chi connectivity index (χ3n) is 3.01. The summed E-state index contributed by atoms with van der Waals surface area (Å²) < 4.78 is 1.61. The Balaban J connectivity index is 1.93. The van der Waals surface area contributed by atoms with Gasteiger partial charge in [-0.15, -0.1) is 0 Å². The number of aliphatic hydroxyl groups is 1. The average molecular weight is 268 g/mol. The summed E-state index contributed by atoms with van der Waals surface area (Å²) in [6.45, 7) is 0.254. The number of amides is 2. The van der Waals surface area contributed by atoms with Crippen LogP contribution in [0.2, 0.25) is 0 Å². The number of carboxylic acid groups (broad SMARTS) is 1. The minimum absolute atomic E-state index is 0.0328. The number of aliphatic carboxylic acids is 1. The molecule has 1 aliphatic heterocycles. The van der Waals surface area contributed by atoms with Gasteiger partial charge in [0, 0.05) is 26.2 Å². The summed E-state index contributed by atoms with van der Waals surface area (Å²) in [6, 6.07) is 0.279. The number of carbonyl (C=O) groups excluding carboxylic acids is 1. The molecule has 1 aliphatic rings. The maximum Gasteiger partial charge on any atom is 0.326 e. The summed E-state index contributed by atoms with van der Waals surface area (Å²) >= 11 is 0. The van der Waals surface area contributed by atoms with Gasteiger partial charge in [-0.3, -0.25) is 4.68 Å². The molecule has 8 nitrogen and oxygen atoms in total. The van der Waals surface area contributed by atoms with E-state index in [0.717, 1.165) is 4.90 Å². The quantitative estimate of drug-likeness (QED) is 0.662. The smallest absolute Gasteiger partial charge is 0.326 e. The van der Waals surface area contributed by atoms with Crippen molar-refractivity contribution in [3.05, 3.63) is 18.0 Å². The van der Waals surface area contributed by atoms with Crippen molar-refractivity contribution in [2.24, 2.45) is 7.05 Å². The summed E-state index contributed by atoms with van der Waals surface area (Å²) in [5.41, 5.74) is 0.683. The topological polar surface area (TPSA) is 108 Å². The lowest BCUT2D eigenvalue weighted by Gasteiger charge is -2.21. The SMILES string of the molecule is Cn1ccc(CNC(=O)N2C[C@H](O)C[C@@H]2C(=O)O)n1. The maximum absolute atomic E-state index is 11.9. The van der Waals surface area contributed by atoms with Gasteiger partial charge < -0.3 is 20.4 Å². The number of aryl methyl sites for hydroxylation is 1. The third-order valence-corrected chi connectivity index (χ3v) is 3.01. The lowest BCUT2D eigenvalue weighted by molar-refractivity contribution is -0.141. The van der Waals surface area contributed by atoms with Crippen LogP contribution in [0.25, 0.3) is 0 Å². The van der Waals surface area contributed by atoms with Crippen LogP contribution in [0.3, 0.4) is 0 Å². The normalized spacial score (nSPS) is 22.5. The van der Waals surface area contributed by atoms with Crippen LogP contribution >= 0.6 is 0 Å². The highest BCUT2D eigenvalue weighted by atomic mass is 16.4. The fourth-order valence-electron chi connectivity index (χ4n) is 2.10. The summed E-state index contributed by atoms with van der Waals surface area (Å²) in [5, 5.41) is 25.1. The van der Waals surface area contributed by atoms with E-state index in [4.69, 9.17) is 5.11 Å². The van der Waals surface area contributed by atoms with Crippen molar-refractivity contribution in [1.29, 1.82) is 0 Å². The molecule has 1 aromatic rings. The van der Waals surface area contributed by atoms with Gasteiger partial charge in [0.25, 0.3) is 0 Å². The van der Waals surface area contributed by atoms with E-state index in [1.165, 1.54) is 0 Å². The van der Waals surface area contributed by atoms with Crippen LogP contribution in [-0.4, -0.2) is 55.6 Å². The van der Waals surface area contributed by atoms with Crippen LogP contribution in [0.15, 0.2) is 12.3 Å². The van der Waals surface area contributed by atoms with Crippen LogP contribution in [0.1, 0.15) is 12.1 Å². The number of carboxylic acids is 1. The Kier molecular flexibility index (Phi) is 3.70. The molecule has 0 unspecified atom stereocenters. The molecule has 1 aromatic heterocycles. The molecular formula is C11H16N4O4. The summed E-state index contributed by atoms with van der Waals surface area (Å²) in [5.74, 6) is -1.11. The zero-order valence-corrected chi connectivity index (χ0v) is 10.5. The number of hydrogen-bond acceptors (Lipinski definition) is 4. The van der Waals surface area contributed by atoms with Crippen LogP contribution in [0.4, 0.5) is 4.79 Å². The largest absolute Gasteiger partial charge is 0.480 e. The van der Waals surface area contributed by atoms with E-state index in [9.17, 15) is 14.7 Å². The van der Waals surface area contributed by atoms with Gasteiger partial charge in [-0.25, -0.2) is 9.59 Å². The summed E-state index contributed by atoms with van der Waals surface area (Å²) in [6.07, 6.45) is 1.02. The zero-order valence-electron chi connectivity index (χ0n) is 10.5. The molecule has 0 bridgehead atoms. The fourth-order valence-corrected chi connectivity index (χ4v) is 2.10. The Hall–Kier alpha value is -2.09. The van der Waals surface area contributed by atoms with Crippen LogP contribution in [-0.2, 0) is 18.4 Å². The molecule has 0 saturated carbocycles. The standard InChI is InChI=1S/C11H16N4O4/c1-14-3-2-7(13-14)5-12-11(19)15-6-8(16)4-9(15)10(17)18/h2-3,8-9,16H,4-6H2,1H3,(H,12,19)(H,17,18)/t8-,9-/m1/s1. The van der Waals surface area contributed by atoms with Crippen molar-refractivity contribution in [3.8, 4) is 0 Å². The third kappa shape index (κ3) is 3.02. The van der Waals surface area contributed by atoms with Gasteiger partial charge in [-0.1, -0.05) is 0 Å². The number of hydrogen-bond donors (Lipinski definition) is 3. The number of nitrogens with zero attached hydrogens (tertiary/aromatic N) is 3. The molecule has 2 amide bonds. The molecule has 104 valence electrons. The number of aliphatic hydroxyl groups excluding tert-OH is 1. The van der Waals surface area contributed by atoms with Gasteiger partial charge in [0.2, 0.25) is 0 Å². The molecule has 0 spiro atoms. The van der Waals surface area contributed by atoms with E-state index in [-0.39, 0.29) is 19.5 Å². The van der Waals surface area contributed by atoms with Gasteiger partial charge in [0.1, 0.15) is 6.04 Å². The molecule has 19 heavy (non-hydrogen) atoms. The lowest BCUT2D eigenvalue weighted by Crippen LogP contribution is -2.46. The number of carbonyl (C=O) groups is 2. The van der Waals surface area contributed by atoms with E-state index >= 15 is 0 Å². The number of nitrogens with one attached hydrogen (secondary N) is 1. The predicted molar refractivity (Wildman–Crippen MR) is 64.2 cm³/mol. The molecule has 2 atom stereocenters. The first-order valence-electron chi connectivity index (χ1n) is 5.91. The number of rotatable bonds is 3. The number of likely N-dealkylation sites (tertiary alicyclic amines) is 1. The minimum atomic E-state index is -1.11. The molecule has 1 fully saturated rings. The molecule has 2 heterocycles. The molecule has 0 radical (unpaired) electrons. The second-order valence-electron chi connectivity index (χ2n) is 4.54. The molecule has 8 heteroatoms. The molecule has 3 N–H and O–H groups in total. The highest BCUT2D eigenvalue weighted by Crippen LogP contribution is 2.18. The van der Waals surface area contributed by atoms with Gasteiger partial charge in [-0.2, -0.15) is 5.10 Å². The highest BCUT2D eigenvalue weighted by molar-refractivity contribution is 5.83. The Morgan fingerprint density at radius 3 is 2.89 bits per heavy atom. The first-order chi connectivity index (χ1) is 8.97. The van der Waals surface area contributed by atoms with Crippen molar-refractivity contribution in [1.82, 2.24) is 20.0 Å². The van der Waals surface area contributed by atoms with E-state index in [2.05, 4.69) is 10.4 Å². The first kappa shape index (κ1) is 13.3. The predicted octanol–water partition coefficient (Wildman–Crippen LogP) is -0.850. The number of β-amino-alcohol motifs (C(OH)–C–C–N with tert-alkyl or cyclic N) is 1. The monoisotopic (exact) mass is 268 g/mol. The second-order valence-corrected chi connectivity index (χ2v) is 4.54. The van der Waals surface area contributed by atoms with E-state index in [0.29, 0.717) is 5.69 Å². The number of urea groups is 1. The lowest BCUT2D eigenvalue weighted by atomic mass is 10.2. The molecule has 0 aliphatic carbocycles. The Bertz CT molecular complexity index is 487. The zero-order chi connectivity index (χ0) is 14.0. The summed E-state index contributed by atoms with van der Waals surface area (Å²) in [7, 11) is 1.77. The van der Waals surface area contributed by atoms with Gasteiger partial charge in [0.05, 0.1) is 18.3 Å². The highest BCUT2D eigenvalue weighted by Gasteiger charge is 2.38. The molecular weight excluding hydrogens is 252 g/mol. The first-order valence-corrected chi connectivity index (χ1v) is 5.91. The van der Waals surface area contributed by atoms with Gasteiger partial charge in [0.15, 0.2) is 0 Å². The van der Waals surface area contributed by atoms with Crippen molar-refractivity contribution in [2.75, 3.05) is 6.54 Å². The van der Waals surface area contributed by atoms with Crippen molar-refractivity contribution in [3.63, 3.8) is 0 Å². The van der Waals surface area contributed by atoms with Gasteiger partial charge >= 0.3 is 12.0 Å². The van der Waals surface area contributed by atoms with Crippen molar-refractivity contribution in [2.45, 2.75) is 25.1 Å². The molecule has 2 rings (SSSR count). The van der Waals surface area contributed by atoms with Gasteiger partial charge in [-0.05, 0) is 6.07 Å². The number of aromatic nitrogens is 2. The molecule has 0 aromatic carbocycles. The van der Waals surface area contributed by atoms with E-state index in [1.54, 1.807) is 24.0 Å². The Morgan fingerprint density at radius 2 is 2.32 bits per heavy atom. The van der Waals surface area contributed by atoms with Crippen LogP contribution < -0.4 is 5.32 Å². The molecule has 1 saturated heterocycles. The van der Waals surface area contributed by atoms with Crippen LogP contribution in [0, 0.1) is 0 Å². The average Bonchev–Trinajstić information content (AvgIpc) is 2.92. The fraction of sp³-hybridized carbons (Fsp3) is 0.545. The van der Waals surface area contributed by atoms with Crippen molar-refractivity contribution < 1.29 is 19.8 Å². The van der Waals surface area contributed by atoms with Crippen molar-refractivity contribution >= 4 is 12.0 Å². The Labute approximate surface area is 109 Å². The minimum Gasteiger partial charge on any atom is -0.480 e. The summed E-state index contributed by atoms with van der Waals surface area (Å²) in [4.78, 5) is 24.0.